The molecule has 9 heteroatoms. The van der Waals surface area contributed by atoms with Gasteiger partial charge in [-0.15, -0.1) is 0 Å². The quantitative estimate of drug-likeness (QED) is 0.351. The molecule has 3 aromatic rings. The van der Waals surface area contributed by atoms with E-state index in [0.717, 1.165) is 3.97 Å². The van der Waals surface area contributed by atoms with Gasteiger partial charge in [0, 0.05) is 15.4 Å². The van der Waals surface area contributed by atoms with E-state index in [1.165, 1.54) is 48.5 Å². The molecule has 27 heavy (non-hydrogen) atoms. The average molecular weight is 426 g/mol. The number of carbonyl (C=O) groups excluding carboxylic acids is 2. The Labute approximate surface area is 165 Å². The molecule has 0 aliphatic carbocycles. The van der Waals surface area contributed by atoms with Crippen molar-refractivity contribution >= 4 is 55.9 Å². The lowest BCUT2D eigenvalue weighted by atomic mass is 10.2. The fourth-order valence-corrected chi connectivity index (χ4v) is 4.41. The van der Waals surface area contributed by atoms with Crippen molar-refractivity contribution in [2.45, 2.75) is 11.8 Å². The Morgan fingerprint density at radius 2 is 1.63 bits per heavy atom. The second kappa shape index (κ2) is 7.34. The van der Waals surface area contributed by atoms with Crippen molar-refractivity contribution in [1.82, 2.24) is 3.97 Å². The van der Waals surface area contributed by atoms with Crippen LogP contribution < -0.4 is 0 Å². The first-order chi connectivity index (χ1) is 12.8. The molecule has 0 aliphatic heterocycles. The molecule has 6 nitrogen and oxygen atoms in total. The second-order valence-electron chi connectivity index (χ2n) is 5.51. The number of esters is 1. The number of halogens is 2. The molecular formula is C18H13Cl2NO5S. The number of Topliss-reactive ketones (excluding diaryl/α,β-unsaturated/α-hetero) is 1. The zero-order chi connectivity index (χ0) is 19.8. The largest absolute Gasteiger partial charge is 0.460 e. The average Bonchev–Trinajstić information content (AvgIpc) is 3.00. The van der Waals surface area contributed by atoms with Crippen molar-refractivity contribution in [1.29, 1.82) is 0 Å². The van der Waals surface area contributed by atoms with E-state index >= 15 is 0 Å². The van der Waals surface area contributed by atoms with Gasteiger partial charge in [0.05, 0.1) is 17.0 Å². The summed E-state index contributed by atoms with van der Waals surface area (Å²) in [7, 11) is -4.19. The van der Waals surface area contributed by atoms with Crippen LogP contribution in [0, 0.1) is 0 Å². The highest BCUT2D eigenvalue weighted by molar-refractivity contribution is 7.90. The zero-order valence-electron chi connectivity index (χ0n) is 14.0. The maximum absolute atomic E-state index is 13.2. The van der Waals surface area contributed by atoms with Crippen LogP contribution in [-0.4, -0.2) is 30.7 Å². The minimum atomic E-state index is -4.19. The highest BCUT2D eigenvalue weighted by atomic mass is 35.5. The van der Waals surface area contributed by atoms with E-state index < -0.39 is 21.8 Å². The van der Waals surface area contributed by atoms with E-state index in [4.69, 9.17) is 27.9 Å². The number of rotatable bonds is 5. The number of nitrogens with zero attached hydrogens (tertiary/aromatic N) is 1. The lowest BCUT2D eigenvalue weighted by molar-refractivity contribution is -0.137. The summed E-state index contributed by atoms with van der Waals surface area (Å²) in [5, 5.41) is 1.12. The number of hydrogen-bond acceptors (Lipinski definition) is 5. The molecule has 1 heterocycles. The zero-order valence-corrected chi connectivity index (χ0v) is 16.3. The van der Waals surface area contributed by atoms with Gasteiger partial charge in [-0.3, -0.25) is 4.79 Å². The van der Waals surface area contributed by atoms with Crippen molar-refractivity contribution in [2.75, 3.05) is 6.61 Å². The molecule has 0 radical (unpaired) electrons. The number of aromatic nitrogens is 1. The molecule has 0 atom stereocenters. The maximum Gasteiger partial charge on any atom is 0.381 e. The summed E-state index contributed by atoms with van der Waals surface area (Å²) in [5.41, 5.74) is -0.123. The standard InChI is InChI=1S/C18H13Cl2NO5S/c1-2-26-18(23)17(22)16-10-11-9-13(20)5-8-15(11)21(16)27(24,25)14-6-3-12(19)4-7-14/h3-10H,2H2,1H3. The Morgan fingerprint density at radius 3 is 2.26 bits per heavy atom. The van der Waals surface area contributed by atoms with Gasteiger partial charge in [-0.2, -0.15) is 0 Å². The predicted molar refractivity (Wildman–Crippen MR) is 102 cm³/mol. The van der Waals surface area contributed by atoms with Gasteiger partial charge in [0.1, 0.15) is 5.69 Å². The molecule has 1 aromatic heterocycles. The number of benzene rings is 2. The van der Waals surface area contributed by atoms with E-state index in [1.54, 1.807) is 6.92 Å². The molecule has 0 saturated carbocycles. The first-order valence-corrected chi connectivity index (χ1v) is 9.99. The van der Waals surface area contributed by atoms with Crippen LogP contribution in [-0.2, 0) is 19.6 Å². The maximum atomic E-state index is 13.2. The highest BCUT2D eigenvalue weighted by Crippen LogP contribution is 2.29. The Kier molecular flexibility index (Phi) is 5.28. The molecule has 140 valence electrons. The summed E-state index contributed by atoms with van der Waals surface area (Å²) in [5.74, 6) is -2.21. The molecule has 0 fully saturated rings. The predicted octanol–water partition coefficient (Wildman–Crippen LogP) is 3.93. The molecule has 0 N–H and O–H groups in total. The minimum Gasteiger partial charge on any atom is -0.460 e. The molecule has 0 saturated heterocycles. The minimum absolute atomic E-state index is 0.0133. The molecule has 0 aliphatic rings. The summed E-state index contributed by atoms with van der Waals surface area (Å²) in [4.78, 5) is 24.4. The van der Waals surface area contributed by atoms with E-state index in [9.17, 15) is 18.0 Å². The van der Waals surface area contributed by atoms with Crippen LogP contribution in [0.2, 0.25) is 10.0 Å². The van der Waals surface area contributed by atoms with Crippen molar-refractivity contribution in [2.24, 2.45) is 0 Å². The lowest BCUT2D eigenvalue weighted by Crippen LogP contribution is -2.24. The Balaban J connectivity index is 2.29. The third-order valence-corrected chi connectivity index (χ3v) is 5.99. The Hall–Kier alpha value is -2.35. The molecule has 0 amide bonds. The van der Waals surface area contributed by atoms with Crippen molar-refractivity contribution in [3.63, 3.8) is 0 Å². The van der Waals surface area contributed by atoms with Gasteiger partial charge in [0.25, 0.3) is 15.8 Å². The van der Waals surface area contributed by atoms with Crippen LogP contribution in [0.5, 0.6) is 0 Å². The summed E-state index contributed by atoms with van der Waals surface area (Å²) in [6, 6.07) is 11.2. The second-order valence-corrected chi connectivity index (χ2v) is 8.17. The van der Waals surface area contributed by atoms with Gasteiger partial charge >= 0.3 is 5.97 Å². The van der Waals surface area contributed by atoms with Gasteiger partial charge < -0.3 is 4.74 Å². The first-order valence-electron chi connectivity index (χ1n) is 7.79. The number of carbonyl (C=O) groups is 2. The Bertz CT molecular complexity index is 1150. The van der Waals surface area contributed by atoms with Crippen LogP contribution in [0.1, 0.15) is 17.4 Å². The number of ketones is 1. The number of hydrogen-bond donors (Lipinski definition) is 0. The van der Waals surface area contributed by atoms with E-state index in [2.05, 4.69) is 0 Å². The SMILES string of the molecule is CCOC(=O)C(=O)c1cc2cc(Cl)ccc2n1S(=O)(=O)c1ccc(Cl)cc1. The number of fused-ring (bicyclic) bond motifs is 1. The normalized spacial score (nSPS) is 11.5. The summed E-state index contributed by atoms with van der Waals surface area (Å²) in [6.45, 7) is 1.53. The summed E-state index contributed by atoms with van der Waals surface area (Å²) < 4.78 is 31.9. The van der Waals surface area contributed by atoms with Crippen molar-refractivity contribution in [3.05, 3.63) is 64.3 Å². The highest BCUT2D eigenvalue weighted by Gasteiger charge is 2.30. The van der Waals surface area contributed by atoms with Crippen molar-refractivity contribution < 1.29 is 22.7 Å². The van der Waals surface area contributed by atoms with Gasteiger partial charge in [-0.1, -0.05) is 23.2 Å². The third kappa shape index (κ3) is 3.58. The van der Waals surface area contributed by atoms with Crippen LogP contribution in [0.3, 0.4) is 0 Å². The van der Waals surface area contributed by atoms with E-state index in [1.807, 2.05) is 0 Å². The van der Waals surface area contributed by atoms with E-state index in [-0.39, 0.29) is 22.7 Å². The summed E-state index contributed by atoms with van der Waals surface area (Å²) in [6.07, 6.45) is 0. The molecule has 0 spiro atoms. The molecule has 0 unspecified atom stereocenters. The molecule has 2 aromatic carbocycles. The van der Waals surface area contributed by atoms with Crippen LogP contribution in [0.25, 0.3) is 10.9 Å². The van der Waals surface area contributed by atoms with Crippen molar-refractivity contribution in [3.8, 4) is 0 Å². The topological polar surface area (TPSA) is 82.4 Å². The smallest absolute Gasteiger partial charge is 0.381 e. The van der Waals surface area contributed by atoms with Gasteiger partial charge in [0.15, 0.2) is 0 Å². The number of ether oxygens (including phenoxy) is 1. The Morgan fingerprint density at radius 1 is 1.00 bits per heavy atom. The monoisotopic (exact) mass is 425 g/mol. The first kappa shape index (κ1) is 19.4. The van der Waals surface area contributed by atoms with Crippen LogP contribution >= 0.6 is 23.2 Å². The van der Waals surface area contributed by atoms with Gasteiger partial charge in [0.2, 0.25) is 0 Å². The molecular weight excluding hydrogens is 413 g/mol. The van der Waals surface area contributed by atoms with Crippen LogP contribution in [0.4, 0.5) is 0 Å². The van der Waals surface area contributed by atoms with Gasteiger partial charge in [-0.25, -0.2) is 17.2 Å². The van der Waals surface area contributed by atoms with Crippen LogP contribution in [0.15, 0.2) is 53.4 Å². The van der Waals surface area contributed by atoms with E-state index in [0.29, 0.717) is 15.4 Å². The van der Waals surface area contributed by atoms with Gasteiger partial charge in [-0.05, 0) is 55.5 Å². The molecule has 0 bridgehead atoms. The third-order valence-electron chi connectivity index (χ3n) is 3.76. The summed E-state index contributed by atoms with van der Waals surface area (Å²) >= 11 is 11.8. The lowest BCUT2D eigenvalue weighted by Gasteiger charge is -2.11. The fraction of sp³-hybridized carbons (Fsp3) is 0.111. The molecule has 3 rings (SSSR count). The fourth-order valence-electron chi connectivity index (χ4n) is 2.59.